The third-order valence-electron chi connectivity index (χ3n) is 4.16. The minimum Gasteiger partial charge on any atom is -0.395 e. The summed E-state index contributed by atoms with van der Waals surface area (Å²) in [7, 11) is 0. The first-order chi connectivity index (χ1) is 7.84. The first kappa shape index (κ1) is 10.7. The van der Waals surface area contributed by atoms with Crippen LogP contribution in [0.5, 0.6) is 0 Å². The third-order valence-corrected chi connectivity index (χ3v) is 5.26. The number of aliphatic hydroxyl groups is 1. The van der Waals surface area contributed by atoms with Crippen molar-refractivity contribution in [1.29, 1.82) is 0 Å². The van der Waals surface area contributed by atoms with E-state index in [2.05, 4.69) is 5.38 Å². The van der Waals surface area contributed by atoms with Crippen LogP contribution >= 0.6 is 11.3 Å². The summed E-state index contributed by atoms with van der Waals surface area (Å²) < 4.78 is 0. The van der Waals surface area contributed by atoms with Crippen molar-refractivity contribution in [3.8, 4) is 0 Å². The third kappa shape index (κ3) is 1.80. The van der Waals surface area contributed by atoms with Crippen molar-refractivity contribution < 1.29 is 5.11 Å². The summed E-state index contributed by atoms with van der Waals surface area (Å²) in [6.07, 6.45) is 9.01. The van der Waals surface area contributed by atoms with Gasteiger partial charge in [-0.3, -0.25) is 0 Å². The topological polar surface area (TPSA) is 33.1 Å². The van der Waals surface area contributed by atoms with Gasteiger partial charge in [0, 0.05) is 16.7 Å². The fourth-order valence-corrected chi connectivity index (χ4v) is 3.86. The molecule has 0 unspecified atom stereocenters. The monoisotopic (exact) mass is 237 g/mol. The molecule has 0 amide bonds. The molecule has 3 heteroatoms. The molecule has 0 aromatic carbocycles. The quantitative estimate of drug-likeness (QED) is 0.875. The van der Waals surface area contributed by atoms with Gasteiger partial charge in [-0.15, -0.1) is 11.3 Å². The van der Waals surface area contributed by atoms with Gasteiger partial charge in [-0.2, -0.15) is 0 Å². The molecule has 2 saturated carbocycles. The van der Waals surface area contributed by atoms with Crippen LogP contribution in [0.1, 0.15) is 61.6 Å². The fourth-order valence-electron chi connectivity index (χ4n) is 2.71. The van der Waals surface area contributed by atoms with Crippen molar-refractivity contribution in [1.82, 2.24) is 4.98 Å². The standard InChI is InChI=1S/C13H19NOS/c15-9-13(6-7-13)12-14-11(8-16-12)10-4-2-1-3-5-10/h8,10,15H,1-7,9H2. The molecule has 16 heavy (non-hydrogen) atoms. The van der Waals surface area contributed by atoms with Crippen LogP contribution in [0.4, 0.5) is 0 Å². The lowest BCUT2D eigenvalue weighted by Gasteiger charge is -2.19. The van der Waals surface area contributed by atoms with Gasteiger partial charge in [0.2, 0.25) is 0 Å². The highest BCUT2D eigenvalue weighted by atomic mass is 32.1. The Balaban J connectivity index is 1.77. The van der Waals surface area contributed by atoms with Gasteiger partial charge < -0.3 is 5.11 Å². The fraction of sp³-hybridized carbons (Fsp3) is 0.769. The smallest absolute Gasteiger partial charge is 0.101 e. The second-order valence-electron chi connectivity index (χ2n) is 5.35. The second-order valence-corrected chi connectivity index (χ2v) is 6.21. The highest BCUT2D eigenvalue weighted by Gasteiger charge is 2.46. The van der Waals surface area contributed by atoms with Crippen LogP contribution in [0.25, 0.3) is 0 Å². The Bertz CT molecular complexity index is 364. The lowest BCUT2D eigenvalue weighted by Crippen LogP contribution is -2.12. The zero-order valence-electron chi connectivity index (χ0n) is 9.61. The van der Waals surface area contributed by atoms with Gasteiger partial charge in [0.1, 0.15) is 5.01 Å². The van der Waals surface area contributed by atoms with E-state index in [-0.39, 0.29) is 12.0 Å². The molecule has 1 N–H and O–H groups in total. The second kappa shape index (κ2) is 4.11. The van der Waals surface area contributed by atoms with Gasteiger partial charge in [-0.05, 0) is 25.7 Å². The number of nitrogens with zero attached hydrogens (tertiary/aromatic N) is 1. The van der Waals surface area contributed by atoms with Crippen LogP contribution in [0, 0.1) is 0 Å². The Morgan fingerprint density at radius 2 is 2.06 bits per heavy atom. The molecule has 2 aliphatic rings. The van der Waals surface area contributed by atoms with Gasteiger partial charge in [-0.1, -0.05) is 19.3 Å². The minimum atomic E-state index is 0.0670. The van der Waals surface area contributed by atoms with Crippen molar-refractivity contribution in [2.45, 2.75) is 56.3 Å². The first-order valence-corrected chi connectivity index (χ1v) is 7.29. The van der Waals surface area contributed by atoms with Crippen LogP contribution in [-0.4, -0.2) is 16.7 Å². The van der Waals surface area contributed by atoms with Crippen LogP contribution in [0.2, 0.25) is 0 Å². The Labute approximate surface area is 101 Å². The van der Waals surface area contributed by atoms with Gasteiger partial charge in [0.05, 0.1) is 12.3 Å². The molecule has 0 radical (unpaired) electrons. The van der Waals surface area contributed by atoms with Gasteiger partial charge in [-0.25, -0.2) is 4.98 Å². The highest BCUT2D eigenvalue weighted by molar-refractivity contribution is 7.09. The number of aliphatic hydroxyl groups excluding tert-OH is 1. The molecule has 0 aliphatic heterocycles. The van der Waals surface area contributed by atoms with Crippen molar-refractivity contribution in [3.05, 3.63) is 16.1 Å². The molecule has 1 aromatic heterocycles. The molecule has 88 valence electrons. The van der Waals surface area contributed by atoms with Crippen LogP contribution in [-0.2, 0) is 5.41 Å². The maximum Gasteiger partial charge on any atom is 0.101 e. The van der Waals surface area contributed by atoms with Crippen LogP contribution < -0.4 is 0 Å². The van der Waals surface area contributed by atoms with Gasteiger partial charge in [0.15, 0.2) is 0 Å². The normalized spacial score (nSPS) is 24.6. The molecule has 0 atom stereocenters. The van der Waals surface area contributed by atoms with Crippen molar-refractivity contribution in [2.24, 2.45) is 0 Å². The molecule has 0 bridgehead atoms. The molecule has 1 aromatic rings. The molecule has 2 aliphatic carbocycles. The van der Waals surface area contributed by atoms with E-state index in [4.69, 9.17) is 4.98 Å². The van der Waals surface area contributed by atoms with E-state index >= 15 is 0 Å². The van der Waals surface area contributed by atoms with E-state index < -0.39 is 0 Å². The maximum atomic E-state index is 9.40. The number of aromatic nitrogens is 1. The van der Waals surface area contributed by atoms with E-state index in [1.54, 1.807) is 11.3 Å². The summed E-state index contributed by atoms with van der Waals surface area (Å²) in [4.78, 5) is 4.80. The largest absolute Gasteiger partial charge is 0.395 e. The number of hydrogen-bond donors (Lipinski definition) is 1. The van der Waals surface area contributed by atoms with Crippen LogP contribution in [0.3, 0.4) is 0 Å². The van der Waals surface area contributed by atoms with E-state index in [1.807, 2.05) is 0 Å². The zero-order valence-corrected chi connectivity index (χ0v) is 10.4. The molecule has 2 fully saturated rings. The molecular weight excluding hydrogens is 218 g/mol. The zero-order chi connectivity index (χ0) is 11.0. The Morgan fingerprint density at radius 1 is 1.31 bits per heavy atom. The van der Waals surface area contributed by atoms with Gasteiger partial charge in [0.25, 0.3) is 0 Å². The molecular formula is C13H19NOS. The number of thiazole rings is 1. The lowest BCUT2D eigenvalue weighted by molar-refractivity contribution is 0.254. The first-order valence-electron chi connectivity index (χ1n) is 6.41. The predicted octanol–water partition coefficient (Wildman–Crippen LogP) is 3.21. The van der Waals surface area contributed by atoms with Crippen molar-refractivity contribution >= 4 is 11.3 Å². The van der Waals surface area contributed by atoms with Gasteiger partial charge >= 0.3 is 0 Å². The molecule has 2 nitrogen and oxygen atoms in total. The summed E-state index contributed by atoms with van der Waals surface area (Å²) >= 11 is 1.77. The number of hydrogen-bond acceptors (Lipinski definition) is 3. The van der Waals surface area contributed by atoms with E-state index in [9.17, 15) is 5.11 Å². The summed E-state index contributed by atoms with van der Waals surface area (Å²) in [6, 6.07) is 0. The summed E-state index contributed by atoms with van der Waals surface area (Å²) in [5.74, 6) is 0.702. The van der Waals surface area contributed by atoms with Crippen molar-refractivity contribution in [3.63, 3.8) is 0 Å². The average Bonchev–Trinajstić information content (AvgIpc) is 3.00. The van der Waals surface area contributed by atoms with E-state index in [0.29, 0.717) is 5.92 Å². The van der Waals surface area contributed by atoms with Crippen LogP contribution in [0.15, 0.2) is 5.38 Å². The average molecular weight is 237 g/mol. The number of rotatable bonds is 3. The Morgan fingerprint density at radius 3 is 2.69 bits per heavy atom. The van der Waals surface area contributed by atoms with Crippen molar-refractivity contribution in [2.75, 3.05) is 6.61 Å². The minimum absolute atomic E-state index is 0.0670. The van der Waals surface area contributed by atoms with E-state index in [1.165, 1.54) is 42.8 Å². The predicted molar refractivity (Wildman–Crippen MR) is 65.9 cm³/mol. The highest BCUT2D eigenvalue weighted by Crippen LogP contribution is 2.49. The summed E-state index contributed by atoms with van der Waals surface area (Å²) in [6.45, 7) is 0.282. The van der Waals surface area contributed by atoms with E-state index in [0.717, 1.165) is 12.8 Å². The molecule has 0 spiro atoms. The Kier molecular flexibility index (Phi) is 2.76. The molecule has 0 saturated heterocycles. The SMILES string of the molecule is OCC1(c2nc(C3CCCCC3)cs2)CC1. The maximum absolute atomic E-state index is 9.40. The Hall–Kier alpha value is -0.410. The summed E-state index contributed by atoms with van der Waals surface area (Å²) in [5.41, 5.74) is 1.37. The molecule has 1 heterocycles. The summed E-state index contributed by atoms with van der Waals surface area (Å²) in [5, 5.41) is 12.8. The lowest BCUT2D eigenvalue weighted by atomic mass is 9.87. The molecule has 3 rings (SSSR count).